The van der Waals surface area contributed by atoms with Crippen LogP contribution in [0.2, 0.25) is 0 Å². The molecular formula is C14H24N2O4. The highest BCUT2D eigenvalue weighted by Crippen LogP contribution is 2.19. The van der Waals surface area contributed by atoms with Gasteiger partial charge in [-0.15, -0.1) is 0 Å². The Hall–Kier alpha value is -1.14. The van der Waals surface area contributed by atoms with Gasteiger partial charge in [-0.1, -0.05) is 0 Å². The molecule has 0 aromatic carbocycles. The fraction of sp³-hybridized carbons (Fsp3) is 0.857. The van der Waals surface area contributed by atoms with Gasteiger partial charge in [0, 0.05) is 33.2 Å². The Morgan fingerprint density at radius 3 is 2.65 bits per heavy atom. The number of ether oxygens (including phenoxy) is 2. The van der Waals surface area contributed by atoms with E-state index in [1.165, 1.54) is 0 Å². The zero-order valence-corrected chi connectivity index (χ0v) is 12.1. The van der Waals surface area contributed by atoms with E-state index in [1.807, 2.05) is 4.90 Å². The lowest BCUT2D eigenvalue weighted by Gasteiger charge is -2.33. The van der Waals surface area contributed by atoms with Crippen molar-refractivity contribution in [3.8, 4) is 0 Å². The van der Waals surface area contributed by atoms with Crippen LogP contribution in [0.4, 0.5) is 0 Å². The maximum absolute atomic E-state index is 12.2. The van der Waals surface area contributed by atoms with Crippen molar-refractivity contribution < 1.29 is 19.1 Å². The number of piperidine rings is 1. The Morgan fingerprint density at radius 1 is 1.30 bits per heavy atom. The number of likely N-dealkylation sites (tertiary alicyclic amines) is 1. The zero-order chi connectivity index (χ0) is 14.4. The summed E-state index contributed by atoms with van der Waals surface area (Å²) in [5, 5.41) is 2.74. The highest BCUT2D eigenvalue weighted by atomic mass is 16.5. The lowest BCUT2D eigenvalue weighted by molar-refractivity contribution is -0.136. The van der Waals surface area contributed by atoms with Crippen molar-refractivity contribution in [1.29, 1.82) is 0 Å². The molecule has 0 aromatic heterocycles. The van der Waals surface area contributed by atoms with Crippen molar-refractivity contribution >= 4 is 11.8 Å². The average Bonchev–Trinajstić information content (AvgIpc) is 2.90. The number of carbonyl (C=O) groups excluding carboxylic acids is 2. The van der Waals surface area contributed by atoms with Crippen LogP contribution in [-0.4, -0.2) is 62.8 Å². The predicted octanol–water partition coefficient (Wildman–Crippen LogP) is 0.167. The summed E-state index contributed by atoms with van der Waals surface area (Å²) in [6.45, 7) is 3.53. The van der Waals surface area contributed by atoms with Gasteiger partial charge in [-0.2, -0.15) is 0 Å². The van der Waals surface area contributed by atoms with Gasteiger partial charge in [0.1, 0.15) is 6.04 Å². The molecule has 0 radical (unpaired) electrons. The summed E-state index contributed by atoms with van der Waals surface area (Å²) in [6, 6.07) is -0.294. The number of hydrogen-bond donors (Lipinski definition) is 1. The molecule has 2 aliphatic rings. The van der Waals surface area contributed by atoms with Gasteiger partial charge in [-0.3, -0.25) is 9.59 Å². The Bertz CT molecular complexity index is 340. The summed E-state index contributed by atoms with van der Waals surface area (Å²) in [7, 11) is 1.66. The van der Waals surface area contributed by atoms with Crippen molar-refractivity contribution in [3.05, 3.63) is 0 Å². The molecule has 114 valence electrons. The molecule has 0 spiro atoms. The molecule has 0 saturated carbocycles. The first-order chi connectivity index (χ1) is 9.70. The van der Waals surface area contributed by atoms with E-state index >= 15 is 0 Å². The number of hydrogen-bond acceptors (Lipinski definition) is 4. The van der Waals surface area contributed by atoms with Gasteiger partial charge in [-0.05, 0) is 25.2 Å². The van der Waals surface area contributed by atoms with Crippen LogP contribution in [0, 0.1) is 5.92 Å². The molecule has 0 aromatic rings. The van der Waals surface area contributed by atoms with E-state index in [9.17, 15) is 9.59 Å². The first kappa shape index (κ1) is 15.3. The summed E-state index contributed by atoms with van der Waals surface area (Å²) in [5.41, 5.74) is 0. The first-order valence-electron chi connectivity index (χ1n) is 7.35. The Morgan fingerprint density at radius 2 is 2.05 bits per heavy atom. The standard InChI is InChI=1S/C14H24N2O4/c1-19-8-9-20-10-11-4-6-16(7-5-11)14(18)12-2-3-13(17)15-12/h11-12H,2-10H2,1H3,(H,15,17). The highest BCUT2D eigenvalue weighted by molar-refractivity contribution is 5.90. The monoisotopic (exact) mass is 284 g/mol. The minimum absolute atomic E-state index is 0.00946. The molecule has 2 rings (SSSR count). The topological polar surface area (TPSA) is 67.9 Å². The van der Waals surface area contributed by atoms with Crippen molar-refractivity contribution in [1.82, 2.24) is 10.2 Å². The molecule has 2 heterocycles. The Balaban J connectivity index is 1.66. The second-order valence-electron chi connectivity index (χ2n) is 5.50. The summed E-state index contributed by atoms with van der Waals surface area (Å²) < 4.78 is 10.5. The van der Waals surface area contributed by atoms with Gasteiger partial charge in [0.05, 0.1) is 13.2 Å². The third-order valence-corrected chi connectivity index (χ3v) is 4.00. The highest BCUT2D eigenvalue weighted by Gasteiger charge is 2.32. The van der Waals surface area contributed by atoms with Gasteiger partial charge in [0.2, 0.25) is 11.8 Å². The molecule has 0 aliphatic carbocycles. The molecular weight excluding hydrogens is 260 g/mol. The van der Waals surface area contributed by atoms with Crippen LogP contribution < -0.4 is 5.32 Å². The lowest BCUT2D eigenvalue weighted by Crippen LogP contribution is -2.47. The van der Waals surface area contributed by atoms with E-state index in [4.69, 9.17) is 9.47 Å². The van der Waals surface area contributed by atoms with Crippen molar-refractivity contribution in [2.24, 2.45) is 5.92 Å². The summed E-state index contributed by atoms with van der Waals surface area (Å²) in [6.07, 6.45) is 3.05. The predicted molar refractivity (Wildman–Crippen MR) is 73.2 cm³/mol. The fourth-order valence-electron chi connectivity index (χ4n) is 2.73. The summed E-state index contributed by atoms with van der Waals surface area (Å²) in [5.74, 6) is 0.591. The van der Waals surface area contributed by atoms with Crippen molar-refractivity contribution in [3.63, 3.8) is 0 Å². The van der Waals surface area contributed by atoms with Gasteiger partial charge < -0.3 is 19.7 Å². The SMILES string of the molecule is COCCOCC1CCN(C(=O)C2CCC(=O)N2)CC1. The van der Waals surface area contributed by atoms with E-state index in [-0.39, 0.29) is 17.9 Å². The smallest absolute Gasteiger partial charge is 0.245 e. The summed E-state index contributed by atoms with van der Waals surface area (Å²) in [4.78, 5) is 25.2. The van der Waals surface area contributed by atoms with Crippen LogP contribution in [0.25, 0.3) is 0 Å². The first-order valence-corrected chi connectivity index (χ1v) is 7.35. The van der Waals surface area contributed by atoms with Crippen LogP contribution >= 0.6 is 0 Å². The molecule has 6 heteroatoms. The van der Waals surface area contributed by atoms with Gasteiger partial charge in [0.15, 0.2) is 0 Å². The van der Waals surface area contributed by atoms with Crippen LogP contribution in [0.5, 0.6) is 0 Å². The third kappa shape index (κ3) is 4.18. The maximum atomic E-state index is 12.2. The molecule has 1 N–H and O–H groups in total. The number of rotatable bonds is 6. The van der Waals surface area contributed by atoms with Crippen molar-refractivity contribution in [2.75, 3.05) is 40.0 Å². The molecule has 20 heavy (non-hydrogen) atoms. The molecule has 2 saturated heterocycles. The number of carbonyl (C=O) groups is 2. The zero-order valence-electron chi connectivity index (χ0n) is 12.1. The molecule has 0 bridgehead atoms. The quantitative estimate of drug-likeness (QED) is 0.706. The minimum atomic E-state index is -0.294. The number of methoxy groups -OCH3 is 1. The van der Waals surface area contributed by atoms with E-state index in [0.29, 0.717) is 32.0 Å². The van der Waals surface area contributed by atoms with Gasteiger partial charge >= 0.3 is 0 Å². The van der Waals surface area contributed by atoms with Crippen LogP contribution in [0.3, 0.4) is 0 Å². The number of nitrogens with one attached hydrogen (secondary N) is 1. The maximum Gasteiger partial charge on any atom is 0.245 e. The molecule has 2 fully saturated rings. The van der Waals surface area contributed by atoms with Crippen LogP contribution in [0.15, 0.2) is 0 Å². The molecule has 6 nitrogen and oxygen atoms in total. The molecule has 1 atom stereocenters. The van der Waals surface area contributed by atoms with Gasteiger partial charge in [-0.25, -0.2) is 0 Å². The molecule has 2 aliphatic heterocycles. The largest absolute Gasteiger partial charge is 0.382 e. The second-order valence-corrected chi connectivity index (χ2v) is 5.50. The minimum Gasteiger partial charge on any atom is -0.382 e. The van der Waals surface area contributed by atoms with E-state index in [0.717, 1.165) is 32.5 Å². The Kier molecular flexibility index (Phi) is 5.79. The molecule has 1 unspecified atom stereocenters. The summed E-state index contributed by atoms with van der Waals surface area (Å²) >= 11 is 0. The lowest BCUT2D eigenvalue weighted by atomic mass is 9.97. The average molecular weight is 284 g/mol. The van der Waals surface area contributed by atoms with Crippen LogP contribution in [0.1, 0.15) is 25.7 Å². The Labute approximate surface area is 119 Å². The number of amides is 2. The van der Waals surface area contributed by atoms with E-state index < -0.39 is 0 Å². The fourth-order valence-corrected chi connectivity index (χ4v) is 2.73. The van der Waals surface area contributed by atoms with Crippen LogP contribution in [-0.2, 0) is 19.1 Å². The number of nitrogens with zero attached hydrogens (tertiary/aromatic N) is 1. The van der Waals surface area contributed by atoms with Gasteiger partial charge in [0.25, 0.3) is 0 Å². The molecule has 2 amide bonds. The van der Waals surface area contributed by atoms with E-state index in [1.54, 1.807) is 7.11 Å². The van der Waals surface area contributed by atoms with E-state index in [2.05, 4.69) is 5.32 Å². The van der Waals surface area contributed by atoms with Crippen molar-refractivity contribution in [2.45, 2.75) is 31.7 Å². The third-order valence-electron chi connectivity index (χ3n) is 4.00. The normalized spacial score (nSPS) is 23.9. The second kappa shape index (κ2) is 7.59.